The Balaban J connectivity index is 3.07. The van der Waals surface area contributed by atoms with Gasteiger partial charge < -0.3 is 0 Å². The van der Waals surface area contributed by atoms with Crippen molar-refractivity contribution in [2.24, 2.45) is 0 Å². The van der Waals surface area contributed by atoms with Crippen molar-refractivity contribution in [1.29, 1.82) is 0 Å². The molecule has 1 aromatic rings. The van der Waals surface area contributed by atoms with E-state index in [1.54, 1.807) is 3.58 Å². The molecular weight excluding hydrogens is 401 g/mol. The summed E-state index contributed by atoms with van der Waals surface area (Å²) in [5.41, 5.74) is 0.808. The SMILES string of the molecule is CCC[CH2][Sn]([CH2]CCC)([CH2]CCC)[c]1ccc(C(=O)NCC)cc1. The predicted molar refractivity (Wildman–Crippen MR) is 109 cm³/mol. The third kappa shape index (κ3) is 6.42. The molecule has 0 fully saturated rings. The van der Waals surface area contributed by atoms with E-state index in [-0.39, 0.29) is 5.91 Å². The first-order valence-electron chi connectivity index (χ1n) is 10.0. The summed E-state index contributed by atoms with van der Waals surface area (Å²) in [5, 5.41) is 2.90. The average Bonchev–Trinajstić information content (AvgIpc) is 2.62. The Morgan fingerprint density at radius 2 is 1.29 bits per heavy atom. The molecule has 0 saturated carbocycles. The molecule has 24 heavy (non-hydrogen) atoms. The molecule has 0 aliphatic heterocycles. The van der Waals surface area contributed by atoms with Gasteiger partial charge in [0.15, 0.2) is 0 Å². The number of unbranched alkanes of at least 4 members (excludes halogenated alkanes) is 3. The normalized spacial score (nSPS) is 11.5. The number of benzene rings is 1. The van der Waals surface area contributed by atoms with Crippen molar-refractivity contribution in [3.8, 4) is 0 Å². The van der Waals surface area contributed by atoms with Crippen molar-refractivity contribution in [3.05, 3.63) is 29.8 Å². The molecular formula is C21H37NOSn. The van der Waals surface area contributed by atoms with Gasteiger partial charge in [-0.2, -0.15) is 0 Å². The number of hydrogen-bond acceptors (Lipinski definition) is 1. The summed E-state index contributed by atoms with van der Waals surface area (Å²) in [7, 11) is 0. The fraction of sp³-hybridized carbons (Fsp3) is 0.667. The maximum atomic E-state index is 12.0. The van der Waals surface area contributed by atoms with Crippen LogP contribution in [0.1, 0.15) is 76.6 Å². The Labute approximate surface area is 153 Å². The van der Waals surface area contributed by atoms with Crippen molar-refractivity contribution >= 4 is 27.9 Å². The van der Waals surface area contributed by atoms with Crippen LogP contribution < -0.4 is 8.90 Å². The van der Waals surface area contributed by atoms with Crippen LogP contribution in [-0.2, 0) is 0 Å². The van der Waals surface area contributed by atoms with Crippen LogP contribution in [0, 0.1) is 0 Å². The van der Waals surface area contributed by atoms with Crippen LogP contribution in [0.15, 0.2) is 24.3 Å². The van der Waals surface area contributed by atoms with Crippen LogP contribution in [0.25, 0.3) is 0 Å². The summed E-state index contributed by atoms with van der Waals surface area (Å²) in [6.45, 7) is 9.60. The molecule has 1 amide bonds. The molecule has 0 unspecified atom stereocenters. The summed E-state index contributed by atoms with van der Waals surface area (Å²) >= 11 is -2.33. The van der Waals surface area contributed by atoms with E-state index < -0.39 is 18.4 Å². The molecule has 0 aliphatic carbocycles. The molecule has 0 atom stereocenters. The summed E-state index contributed by atoms with van der Waals surface area (Å²) < 4.78 is 6.08. The second-order valence-corrected chi connectivity index (χ2v) is 20.3. The van der Waals surface area contributed by atoms with E-state index >= 15 is 0 Å². The van der Waals surface area contributed by atoms with Crippen molar-refractivity contribution < 1.29 is 4.79 Å². The first kappa shape index (κ1) is 21.5. The van der Waals surface area contributed by atoms with Crippen LogP contribution in [0.3, 0.4) is 0 Å². The zero-order chi connectivity index (χ0) is 17.8. The second-order valence-electron chi connectivity index (χ2n) is 7.03. The maximum absolute atomic E-state index is 12.0. The van der Waals surface area contributed by atoms with E-state index in [0.29, 0.717) is 6.54 Å². The van der Waals surface area contributed by atoms with E-state index in [1.807, 2.05) is 6.92 Å². The van der Waals surface area contributed by atoms with Gasteiger partial charge in [0, 0.05) is 0 Å². The number of carbonyl (C=O) groups excluding carboxylic acids is 1. The second kappa shape index (κ2) is 11.9. The molecule has 136 valence electrons. The number of rotatable bonds is 12. The van der Waals surface area contributed by atoms with E-state index in [0.717, 1.165) is 5.56 Å². The van der Waals surface area contributed by atoms with Crippen molar-refractivity contribution in [1.82, 2.24) is 5.32 Å². The predicted octanol–water partition coefficient (Wildman–Crippen LogP) is 5.49. The van der Waals surface area contributed by atoms with Crippen LogP contribution in [-0.4, -0.2) is 30.8 Å². The van der Waals surface area contributed by atoms with Crippen LogP contribution in [0.4, 0.5) is 0 Å². The fourth-order valence-corrected chi connectivity index (χ4v) is 19.5. The number of carbonyl (C=O) groups is 1. The van der Waals surface area contributed by atoms with E-state index in [2.05, 4.69) is 50.4 Å². The molecule has 0 bridgehead atoms. The van der Waals surface area contributed by atoms with Crippen LogP contribution in [0.5, 0.6) is 0 Å². The van der Waals surface area contributed by atoms with Gasteiger partial charge in [-0.25, -0.2) is 0 Å². The summed E-state index contributed by atoms with van der Waals surface area (Å²) in [6.07, 6.45) is 8.03. The van der Waals surface area contributed by atoms with Crippen molar-refractivity contribution in [2.75, 3.05) is 6.54 Å². The van der Waals surface area contributed by atoms with Gasteiger partial charge in [-0.05, 0) is 0 Å². The Morgan fingerprint density at radius 3 is 1.67 bits per heavy atom. The molecule has 0 radical (unpaired) electrons. The molecule has 1 aromatic carbocycles. The van der Waals surface area contributed by atoms with Gasteiger partial charge >= 0.3 is 154 Å². The Morgan fingerprint density at radius 1 is 0.833 bits per heavy atom. The van der Waals surface area contributed by atoms with E-state index in [1.165, 1.54) is 51.8 Å². The van der Waals surface area contributed by atoms with Crippen molar-refractivity contribution in [2.45, 2.75) is 79.5 Å². The number of nitrogens with one attached hydrogen (secondary N) is 1. The minimum atomic E-state index is -2.33. The van der Waals surface area contributed by atoms with Gasteiger partial charge in [0.05, 0.1) is 0 Å². The molecule has 2 nitrogen and oxygen atoms in total. The van der Waals surface area contributed by atoms with Gasteiger partial charge in [0.1, 0.15) is 0 Å². The summed E-state index contributed by atoms with van der Waals surface area (Å²) in [4.78, 5) is 12.0. The molecule has 0 saturated heterocycles. The third-order valence-electron chi connectivity index (χ3n) is 5.12. The molecule has 0 heterocycles. The summed E-state index contributed by atoms with van der Waals surface area (Å²) in [6, 6.07) is 8.74. The zero-order valence-corrected chi connectivity index (χ0v) is 19.1. The zero-order valence-electron chi connectivity index (χ0n) is 16.3. The van der Waals surface area contributed by atoms with Gasteiger partial charge in [-0.1, -0.05) is 0 Å². The van der Waals surface area contributed by atoms with Gasteiger partial charge in [-0.3, -0.25) is 0 Å². The Hall–Kier alpha value is -0.511. The monoisotopic (exact) mass is 439 g/mol. The Kier molecular flexibility index (Phi) is 10.7. The van der Waals surface area contributed by atoms with E-state index in [4.69, 9.17) is 0 Å². The van der Waals surface area contributed by atoms with Gasteiger partial charge in [0.2, 0.25) is 0 Å². The Bertz CT molecular complexity index is 447. The van der Waals surface area contributed by atoms with Gasteiger partial charge in [0.25, 0.3) is 0 Å². The molecule has 1 rings (SSSR count). The van der Waals surface area contributed by atoms with E-state index in [9.17, 15) is 4.79 Å². The average molecular weight is 438 g/mol. The minimum absolute atomic E-state index is 0.0560. The molecule has 0 aliphatic rings. The topological polar surface area (TPSA) is 29.1 Å². The number of hydrogen-bond donors (Lipinski definition) is 1. The number of amides is 1. The van der Waals surface area contributed by atoms with Crippen LogP contribution in [0.2, 0.25) is 13.3 Å². The molecule has 0 aromatic heterocycles. The quantitative estimate of drug-likeness (QED) is 0.430. The fourth-order valence-electron chi connectivity index (χ4n) is 3.59. The van der Waals surface area contributed by atoms with Crippen molar-refractivity contribution in [3.63, 3.8) is 0 Å². The van der Waals surface area contributed by atoms with Crippen LogP contribution >= 0.6 is 0 Å². The first-order chi connectivity index (χ1) is 11.6. The molecule has 3 heteroatoms. The standard InChI is InChI=1S/C9H10NO.3C4H9.Sn/c1-2-10-9(11)8-6-4-3-5-7-8;3*1-3-4-2;/h4-7H,2H2,1H3,(H,10,11);3*1,3-4H2,2H3;. The molecule has 1 N–H and O–H groups in total. The summed E-state index contributed by atoms with van der Waals surface area (Å²) in [5.74, 6) is 0.0560. The third-order valence-corrected chi connectivity index (χ3v) is 20.8. The first-order valence-corrected chi connectivity index (χ1v) is 17.5. The molecule has 0 spiro atoms. The van der Waals surface area contributed by atoms with Gasteiger partial charge in [-0.15, -0.1) is 0 Å².